The van der Waals surface area contributed by atoms with Crippen molar-refractivity contribution in [3.63, 3.8) is 0 Å². The Hall–Kier alpha value is -2.59. The first kappa shape index (κ1) is 53.4. The van der Waals surface area contributed by atoms with Crippen LogP contribution in [0.5, 0.6) is 0 Å². The summed E-state index contributed by atoms with van der Waals surface area (Å²) in [6, 6.07) is 0. The van der Waals surface area contributed by atoms with Gasteiger partial charge in [0, 0.05) is 12.8 Å². The van der Waals surface area contributed by atoms with Crippen LogP contribution in [0, 0.1) is 0 Å². The van der Waals surface area contributed by atoms with Gasteiger partial charge in [0.25, 0.3) is 0 Å². The number of esters is 2. The van der Waals surface area contributed by atoms with Gasteiger partial charge in [0.1, 0.15) is 19.8 Å². The van der Waals surface area contributed by atoms with Crippen LogP contribution < -0.4 is 0 Å². The average molecular weight is 809 g/mol. The van der Waals surface area contributed by atoms with E-state index in [1.54, 1.807) is 6.08 Å². The number of aliphatic hydroxyl groups excluding tert-OH is 1. The van der Waals surface area contributed by atoms with E-state index in [1.807, 2.05) is 69.8 Å². The SMILES string of the molecule is CC/C=C\C/C=C\CC(O)/C=C/C=C\C/C=C\C/C=C\CCC(=O)O[C@H](COC(=O)CCCCCCCCCCCCCC)COP(=O)(O)OCC[N+](C)(C)C. The van der Waals surface area contributed by atoms with E-state index in [9.17, 15) is 24.2 Å². The molecule has 0 rings (SSSR count). The monoisotopic (exact) mass is 809 g/mol. The number of hydrogen-bond acceptors (Lipinski definition) is 8. The van der Waals surface area contributed by atoms with E-state index in [2.05, 4.69) is 32.1 Å². The van der Waals surface area contributed by atoms with Crippen molar-refractivity contribution in [1.82, 2.24) is 0 Å². The first-order valence-electron chi connectivity index (χ1n) is 21.3. The lowest BCUT2D eigenvalue weighted by Gasteiger charge is -2.24. The van der Waals surface area contributed by atoms with Gasteiger partial charge in [-0.15, -0.1) is 0 Å². The van der Waals surface area contributed by atoms with Gasteiger partial charge < -0.3 is 24.0 Å². The van der Waals surface area contributed by atoms with Crippen molar-refractivity contribution < 1.29 is 47.2 Å². The van der Waals surface area contributed by atoms with Crippen molar-refractivity contribution in [2.24, 2.45) is 0 Å². The molecule has 56 heavy (non-hydrogen) atoms. The van der Waals surface area contributed by atoms with Crippen molar-refractivity contribution in [2.45, 2.75) is 154 Å². The minimum Gasteiger partial charge on any atom is -0.462 e. The van der Waals surface area contributed by atoms with Gasteiger partial charge in [-0.2, -0.15) is 0 Å². The second-order valence-corrected chi connectivity index (χ2v) is 16.7. The number of phosphoric acid groups is 1. The molecule has 0 bridgehead atoms. The van der Waals surface area contributed by atoms with Gasteiger partial charge in [-0.3, -0.25) is 18.6 Å². The van der Waals surface area contributed by atoms with Crippen LogP contribution in [0.3, 0.4) is 0 Å². The zero-order valence-corrected chi connectivity index (χ0v) is 36.6. The molecule has 0 aromatic carbocycles. The van der Waals surface area contributed by atoms with Gasteiger partial charge >= 0.3 is 19.8 Å². The summed E-state index contributed by atoms with van der Waals surface area (Å²) in [6.45, 7) is 4.11. The van der Waals surface area contributed by atoms with E-state index in [0.29, 0.717) is 30.3 Å². The molecule has 0 radical (unpaired) electrons. The molecule has 3 atom stereocenters. The molecule has 0 saturated heterocycles. The summed E-state index contributed by atoms with van der Waals surface area (Å²) in [5.41, 5.74) is 0. The molecule has 0 aromatic rings. The molecule has 322 valence electrons. The second-order valence-electron chi connectivity index (χ2n) is 15.2. The fraction of sp³-hybridized carbons (Fsp3) is 0.689. The number of hydrogen-bond donors (Lipinski definition) is 2. The maximum absolute atomic E-state index is 12.6. The van der Waals surface area contributed by atoms with E-state index >= 15 is 0 Å². The van der Waals surface area contributed by atoms with Gasteiger partial charge in [0.2, 0.25) is 0 Å². The number of likely N-dealkylation sites (N-methyl/N-ethyl adjacent to an activating group) is 1. The maximum Gasteiger partial charge on any atom is 0.472 e. The standard InChI is InChI=1S/C45H78NO9P/c1-6-8-10-12-14-15-16-17-21-24-28-32-36-44(48)52-40-43(41-54-56(50,51)53-39-38-46(3,4)5)55-45(49)37-33-29-25-22-19-18-20-23-27-31-35-42(47)34-30-26-13-11-9-7-2/h9,11,18-19,23,25-27,29-31,35,42-43,47H,6-8,10,12-17,20-22,24,28,32-34,36-41H2,1-5H3/p+1/b11-9-,19-18-,27-23-,29-25-,30-26-,35-31+/t42?,43-/m1/s1. The Kier molecular flexibility index (Phi) is 35.0. The third-order valence-electron chi connectivity index (χ3n) is 8.59. The van der Waals surface area contributed by atoms with Crippen LogP contribution >= 0.6 is 7.82 Å². The fourth-order valence-corrected chi connectivity index (χ4v) is 5.98. The Morgan fingerprint density at radius 1 is 0.661 bits per heavy atom. The van der Waals surface area contributed by atoms with E-state index in [1.165, 1.54) is 57.8 Å². The smallest absolute Gasteiger partial charge is 0.462 e. The Morgan fingerprint density at radius 3 is 1.86 bits per heavy atom. The lowest BCUT2D eigenvalue weighted by atomic mass is 10.0. The lowest BCUT2D eigenvalue weighted by molar-refractivity contribution is -0.870. The van der Waals surface area contributed by atoms with Gasteiger partial charge in [-0.25, -0.2) is 4.57 Å². The zero-order chi connectivity index (χ0) is 41.6. The number of quaternary nitrogens is 1. The largest absolute Gasteiger partial charge is 0.472 e. The molecule has 0 heterocycles. The molecule has 2 N–H and O–H groups in total. The minimum atomic E-state index is -4.41. The van der Waals surface area contributed by atoms with Crippen molar-refractivity contribution in [3.8, 4) is 0 Å². The van der Waals surface area contributed by atoms with Gasteiger partial charge in [-0.05, 0) is 44.9 Å². The highest BCUT2D eigenvalue weighted by Crippen LogP contribution is 2.43. The molecule has 2 unspecified atom stereocenters. The summed E-state index contributed by atoms with van der Waals surface area (Å²) in [4.78, 5) is 35.3. The van der Waals surface area contributed by atoms with E-state index in [-0.39, 0.29) is 26.1 Å². The predicted molar refractivity (Wildman–Crippen MR) is 230 cm³/mol. The number of phosphoric ester groups is 1. The van der Waals surface area contributed by atoms with Crippen molar-refractivity contribution in [2.75, 3.05) is 47.5 Å². The summed E-state index contributed by atoms with van der Waals surface area (Å²) >= 11 is 0. The number of aliphatic hydroxyl groups is 1. The van der Waals surface area contributed by atoms with Gasteiger partial charge in [0.15, 0.2) is 6.10 Å². The fourth-order valence-electron chi connectivity index (χ4n) is 5.24. The first-order valence-corrected chi connectivity index (χ1v) is 22.8. The Bertz CT molecular complexity index is 1200. The highest BCUT2D eigenvalue weighted by atomic mass is 31.2. The van der Waals surface area contributed by atoms with Crippen LogP contribution in [-0.4, -0.2) is 86.1 Å². The number of unbranched alkanes of at least 4 members (excludes halogenated alkanes) is 11. The molecule has 0 spiro atoms. The van der Waals surface area contributed by atoms with Gasteiger partial charge in [0.05, 0.1) is 33.9 Å². The Labute approximate surface area is 341 Å². The van der Waals surface area contributed by atoms with Crippen LogP contribution in [-0.2, 0) is 32.7 Å². The second kappa shape index (κ2) is 36.7. The maximum atomic E-state index is 12.6. The molecule has 10 nitrogen and oxygen atoms in total. The van der Waals surface area contributed by atoms with Crippen molar-refractivity contribution in [1.29, 1.82) is 0 Å². The molecule has 0 amide bonds. The molecular formula is C45H79NO9P+. The topological polar surface area (TPSA) is 129 Å². The normalized spacial score (nSPS) is 14.9. The number of allylic oxidation sites excluding steroid dienone is 10. The van der Waals surface area contributed by atoms with Crippen LogP contribution in [0.2, 0.25) is 0 Å². The summed E-state index contributed by atoms with van der Waals surface area (Å²) in [5, 5.41) is 10.0. The van der Waals surface area contributed by atoms with Crippen molar-refractivity contribution >= 4 is 19.8 Å². The summed E-state index contributed by atoms with van der Waals surface area (Å²) < 4.78 is 34.1. The zero-order valence-electron chi connectivity index (χ0n) is 35.7. The molecule has 0 aliphatic rings. The van der Waals surface area contributed by atoms with E-state index in [0.717, 1.165) is 38.5 Å². The van der Waals surface area contributed by atoms with E-state index < -0.39 is 38.6 Å². The van der Waals surface area contributed by atoms with Crippen LogP contribution in [0.15, 0.2) is 72.9 Å². The van der Waals surface area contributed by atoms with Crippen LogP contribution in [0.1, 0.15) is 142 Å². The quantitative estimate of drug-likeness (QED) is 0.0157. The highest BCUT2D eigenvalue weighted by Gasteiger charge is 2.27. The predicted octanol–water partition coefficient (Wildman–Crippen LogP) is 10.8. The molecule has 0 fully saturated rings. The molecule has 0 saturated carbocycles. The first-order chi connectivity index (χ1) is 26.9. The summed E-state index contributed by atoms with van der Waals surface area (Å²) in [6.07, 6.45) is 41.4. The highest BCUT2D eigenvalue weighted by molar-refractivity contribution is 7.47. The molecule has 0 aromatic heterocycles. The third kappa shape index (κ3) is 39.6. The number of ether oxygens (including phenoxy) is 2. The number of carbonyl (C=O) groups is 2. The van der Waals surface area contributed by atoms with E-state index in [4.69, 9.17) is 18.5 Å². The Balaban J connectivity index is 4.58. The number of carbonyl (C=O) groups excluding carboxylic acids is 2. The average Bonchev–Trinajstić information content (AvgIpc) is 3.14. The Morgan fingerprint density at radius 2 is 1.23 bits per heavy atom. The molecule has 0 aliphatic heterocycles. The molecule has 11 heteroatoms. The van der Waals surface area contributed by atoms with Gasteiger partial charge in [-0.1, -0.05) is 157 Å². The number of rotatable bonds is 37. The van der Waals surface area contributed by atoms with Crippen molar-refractivity contribution in [3.05, 3.63) is 72.9 Å². The third-order valence-corrected chi connectivity index (χ3v) is 9.58. The van der Waals surface area contributed by atoms with Crippen LogP contribution in [0.4, 0.5) is 0 Å². The number of nitrogens with zero attached hydrogens (tertiary/aromatic N) is 1. The minimum absolute atomic E-state index is 0.00643. The summed E-state index contributed by atoms with van der Waals surface area (Å²) in [5.74, 6) is -0.932. The molecule has 0 aliphatic carbocycles. The summed E-state index contributed by atoms with van der Waals surface area (Å²) in [7, 11) is 1.39. The lowest BCUT2D eigenvalue weighted by Crippen LogP contribution is -2.37. The van der Waals surface area contributed by atoms with Crippen LogP contribution in [0.25, 0.3) is 0 Å². The molecular weight excluding hydrogens is 729 g/mol.